The average molecular weight is 397 g/mol. The molecule has 1 aliphatic heterocycles. The molecule has 0 saturated carbocycles. The van der Waals surface area contributed by atoms with Crippen molar-refractivity contribution >= 4 is 17.6 Å². The molecule has 9 nitrogen and oxygen atoms in total. The number of hydrogen-bond donors (Lipinski definition) is 3. The molecule has 2 aliphatic rings. The monoisotopic (exact) mass is 397 g/mol. The number of fused-ring (bicyclic) bond motifs is 1. The van der Waals surface area contributed by atoms with Gasteiger partial charge in [-0.2, -0.15) is 15.4 Å². The Kier molecular flexibility index (Phi) is 5.46. The third-order valence-corrected chi connectivity index (χ3v) is 6.08. The minimum absolute atomic E-state index is 0.0149. The van der Waals surface area contributed by atoms with Crippen LogP contribution in [-0.4, -0.2) is 55.7 Å². The second-order valence-corrected chi connectivity index (χ2v) is 7.92. The summed E-state index contributed by atoms with van der Waals surface area (Å²) >= 11 is 0. The molecule has 1 aliphatic carbocycles. The molecular weight excluding hydrogens is 370 g/mol. The van der Waals surface area contributed by atoms with Crippen LogP contribution in [0.1, 0.15) is 55.5 Å². The third kappa shape index (κ3) is 4.08. The number of carbonyl (C=O) groups excluding carboxylic acids is 2. The van der Waals surface area contributed by atoms with Crippen LogP contribution < -0.4 is 11.1 Å². The predicted molar refractivity (Wildman–Crippen MR) is 107 cm³/mol. The lowest BCUT2D eigenvalue weighted by atomic mass is 9.89. The Hall–Kier alpha value is -2.97. The number of nitrogens with two attached hydrogens (primary N) is 1. The summed E-state index contributed by atoms with van der Waals surface area (Å²) in [6, 6.07) is 3.57. The molecular formula is C20H27N7O2. The molecule has 0 radical (unpaired) electrons. The first kappa shape index (κ1) is 19.4. The zero-order chi connectivity index (χ0) is 20.4. The molecule has 29 heavy (non-hydrogen) atoms. The molecule has 0 spiro atoms. The second kappa shape index (κ2) is 8.18. The largest absolute Gasteiger partial charge is 0.384 e. The van der Waals surface area contributed by atoms with Crippen molar-refractivity contribution in [3.8, 4) is 0 Å². The van der Waals surface area contributed by atoms with E-state index in [9.17, 15) is 9.59 Å². The van der Waals surface area contributed by atoms with Crippen molar-refractivity contribution < 1.29 is 9.59 Å². The molecule has 2 aromatic rings. The summed E-state index contributed by atoms with van der Waals surface area (Å²) in [4.78, 5) is 31.5. The Morgan fingerprint density at radius 1 is 1.31 bits per heavy atom. The van der Waals surface area contributed by atoms with Gasteiger partial charge in [0, 0.05) is 25.2 Å². The van der Waals surface area contributed by atoms with E-state index >= 15 is 0 Å². The fourth-order valence-electron chi connectivity index (χ4n) is 4.34. The number of aromatic amines is 1. The lowest BCUT2D eigenvalue weighted by Gasteiger charge is -2.27. The smallest absolute Gasteiger partial charge is 0.229 e. The number of H-pyrrole nitrogens is 1. The fourth-order valence-corrected chi connectivity index (χ4v) is 4.34. The normalized spacial score (nSPS) is 23.6. The third-order valence-electron chi connectivity index (χ3n) is 6.08. The van der Waals surface area contributed by atoms with Gasteiger partial charge in [-0.3, -0.25) is 9.59 Å². The van der Waals surface area contributed by atoms with Crippen molar-refractivity contribution in [2.24, 2.45) is 0 Å². The van der Waals surface area contributed by atoms with Crippen LogP contribution in [0.25, 0.3) is 0 Å². The van der Waals surface area contributed by atoms with Crippen LogP contribution in [0.15, 0.2) is 18.3 Å². The summed E-state index contributed by atoms with van der Waals surface area (Å²) in [5, 5.41) is 14.1. The zero-order valence-corrected chi connectivity index (χ0v) is 16.6. The molecule has 9 heteroatoms. The molecule has 4 N–H and O–H groups in total. The summed E-state index contributed by atoms with van der Waals surface area (Å²) in [6.45, 7) is 2.66. The number of pyridine rings is 1. The molecule has 1 saturated heterocycles. The number of nitrogens with one attached hydrogen (secondary N) is 2. The highest BCUT2D eigenvalue weighted by Crippen LogP contribution is 2.29. The van der Waals surface area contributed by atoms with E-state index in [1.807, 2.05) is 17.9 Å². The number of nitrogen functional groups attached to an aromatic ring is 1. The molecule has 2 aromatic heterocycles. The summed E-state index contributed by atoms with van der Waals surface area (Å²) in [7, 11) is 0. The first-order valence-corrected chi connectivity index (χ1v) is 10.2. The van der Waals surface area contributed by atoms with Gasteiger partial charge in [-0.15, -0.1) is 0 Å². The molecule has 0 bridgehead atoms. The van der Waals surface area contributed by atoms with Gasteiger partial charge in [0.15, 0.2) is 0 Å². The zero-order valence-electron chi connectivity index (χ0n) is 16.6. The number of anilines is 1. The van der Waals surface area contributed by atoms with Gasteiger partial charge < -0.3 is 16.0 Å². The van der Waals surface area contributed by atoms with Gasteiger partial charge in [0.05, 0.1) is 23.3 Å². The quantitative estimate of drug-likeness (QED) is 0.688. The van der Waals surface area contributed by atoms with Crippen molar-refractivity contribution in [3.63, 3.8) is 0 Å². The number of hydrogen-bond acceptors (Lipinski definition) is 6. The Labute approximate surface area is 169 Å². The van der Waals surface area contributed by atoms with Crippen LogP contribution in [0.5, 0.6) is 0 Å². The number of nitrogens with zero attached hydrogens (tertiary/aromatic N) is 4. The SMILES string of the molecule is C[C@@H]1[C@@H](NC(=O)C2CCCc3n[nH]nc32)CCN1C(=O)CCc1ccc(N)nc1. The van der Waals surface area contributed by atoms with E-state index in [0.29, 0.717) is 25.2 Å². The van der Waals surface area contributed by atoms with E-state index in [2.05, 4.69) is 25.7 Å². The van der Waals surface area contributed by atoms with Gasteiger partial charge >= 0.3 is 0 Å². The lowest BCUT2D eigenvalue weighted by molar-refractivity contribution is -0.132. The van der Waals surface area contributed by atoms with E-state index in [4.69, 9.17) is 5.73 Å². The maximum atomic E-state index is 12.9. The van der Waals surface area contributed by atoms with Gasteiger partial charge in [0.2, 0.25) is 11.8 Å². The van der Waals surface area contributed by atoms with Gasteiger partial charge in [-0.25, -0.2) is 4.98 Å². The van der Waals surface area contributed by atoms with Gasteiger partial charge in [-0.05, 0) is 50.7 Å². The molecule has 3 heterocycles. The minimum Gasteiger partial charge on any atom is -0.384 e. The number of amides is 2. The summed E-state index contributed by atoms with van der Waals surface area (Å²) in [6.07, 6.45) is 6.10. The van der Waals surface area contributed by atoms with Gasteiger partial charge in [0.25, 0.3) is 0 Å². The van der Waals surface area contributed by atoms with Crippen LogP contribution in [0.2, 0.25) is 0 Å². The Bertz CT molecular complexity index is 879. The average Bonchev–Trinajstić information content (AvgIpc) is 3.34. The van der Waals surface area contributed by atoms with Gasteiger partial charge in [-0.1, -0.05) is 6.07 Å². The maximum Gasteiger partial charge on any atom is 0.229 e. The second-order valence-electron chi connectivity index (χ2n) is 7.92. The van der Waals surface area contributed by atoms with Crippen LogP contribution in [0.4, 0.5) is 5.82 Å². The summed E-state index contributed by atoms with van der Waals surface area (Å²) < 4.78 is 0. The minimum atomic E-state index is -0.257. The number of aryl methyl sites for hydroxylation is 2. The van der Waals surface area contributed by atoms with Crippen molar-refractivity contribution in [2.75, 3.05) is 12.3 Å². The van der Waals surface area contributed by atoms with E-state index in [1.165, 1.54) is 0 Å². The molecule has 4 rings (SSSR count). The molecule has 1 fully saturated rings. The molecule has 0 aromatic carbocycles. The number of rotatable bonds is 5. The first-order chi connectivity index (χ1) is 14.0. The highest BCUT2D eigenvalue weighted by Gasteiger charge is 2.37. The van der Waals surface area contributed by atoms with Crippen molar-refractivity contribution in [1.82, 2.24) is 30.6 Å². The standard InChI is InChI=1S/C20H27N7O2/c1-12-15(23-20(29)14-3-2-4-16-19(14)25-26-24-16)9-10-27(12)18(28)8-6-13-5-7-17(21)22-11-13/h5,7,11-12,14-15H,2-4,6,8-10H2,1H3,(H2,21,22)(H,23,29)(H,24,25,26)/t12-,14?,15+/m1/s1. The maximum absolute atomic E-state index is 12.9. The van der Waals surface area contributed by atoms with Gasteiger partial charge in [0.1, 0.15) is 5.82 Å². The van der Waals surface area contributed by atoms with Crippen molar-refractivity contribution in [1.29, 1.82) is 0 Å². The molecule has 3 atom stereocenters. The highest BCUT2D eigenvalue weighted by molar-refractivity contribution is 5.84. The Morgan fingerprint density at radius 2 is 2.17 bits per heavy atom. The topological polar surface area (TPSA) is 130 Å². The van der Waals surface area contributed by atoms with E-state index in [-0.39, 0.29) is 29.8 Å². The number of likely N-dealkylation sites (tertiary alicyclic amines) is 1. The number of aromatic nitrogens is 4. The summed E-state index contributed by atoms with van der Waals surface area (Å²) in [5.74, 6) is 0.302. The lowest BCUT2D eigenvalue weighted by Crippen LogP contribution is -2.46. The van der Waals surface area contributed by atoms with E-state index in [0.717, 1.165) is 42.6 Å². The number of carbonyl (C=O) groups is 2. The Balaban J connectivity index is 1.31. The molecule has 1 unspecified atom stereocenters. The molecule has 2 amide bonds. The predicted octanol–water partition coefficient (Wildman–Crippen LogP) is 0.940. The highest BCUT2D eigenvalue weighted by atomic mass is 16.2. The fraction of sp³-hybridized carbons (Fsp3) is 0.550. The Morgan fingerprint density at radius 3 is 2.97 bits per heavy atom. The first-order valence-electron chi connectivity index (χ1n) is 10.2. The molecule has 154 valence electrons. The van der Waals surface area contributed by atoms with Crippen LogP contribution in [0.3, 0.4) is 0 Å². The van der Waals surface area contributed by atoms with Crippen molar-refractivity contribution in [2.45, 2.75) is 63.5 Å². The van der Waals surface area contributed by atoms with E-state index < -0.39 is 0 Å². The van der Waals surface area contributed by atoms with Crippen LogP contribution >= 0.6 is 0 Å². The summed E-state index contributed by atoms with van der Waals surface area (Å²) in [5.41, 5.74) is 8.25. The van der Waals surface area contributed by atoms with Crippen LogP contribution in [0, 0.1) is 0 Å². The van der Waals surface area contributed by atoms with Crippen LogP contribution in [-0.2, 0) is 22.4 Å². The van der Waals surface area contributed by atoms with E-state index in [1.54, 1.807) is 12.3 Å². The van der Waals surface area contributed by atoms with Crippen molar-refractivity contribution in [3.05, 3.63) is 35.3 Å².